The average molecular weight is 442 g/mol. The highest BCUT2D eigenvalue weighted by Crippen LogP contribution is 2.46. The van der Waals surface area contributed by atoms with E-state index in [-0.39, 0.29) is 18.4 Å². The monoisotopic (exact) mass is 441 g/mol. The van der Waals surface area contributed by atoms with Gasteiger partial charge >= 0.3 is 12.1 Å². The summed E-state index contributed by atoms with van der Waals surface area (Å²) in [6, 6.07) is 23.8. The molecule has 2 unspecified atom stereocenters. The van der Waals surface area contributed by atoms with Crippen LogP contribution < -0.4 is 0 Å². The van der Waals surface area contributed by atoms with E-state index in [9.17, 15) is 14.7 Å². The number of benzene rings is 3. The summed E-state index contributed by atoms with van der Waals surface area (Å²) in [7, 11) is 1.54. The third kappa shape index (κ3) is 3.22. The second-order valence-electron chi connectivity index (χ2n) is 9.06. The lowest BCUT2D eigenvalue weighted by atomic mass is 9.71. The number of ether oxygens (including phenoxy) is 1. The van der Waals surface area contributed by atoms with E-state index < -0.39 is 17.6 Å². The van der Waals surface area contributed by atoms with E-state index in [2.05, 4.69) is 31.2 Å². The quantitative estimate of drug-likeness (QED) is 0.560. The zero-order chi connectivity index (χ0) is 23.2. The molecule has 3 aromatic rings. The van der Waals surface area contributed by atoms with Crippen LogP contribution in [0.3, 0.4) is 0 Å². The smallest absolute Gasteiger partial charge is 0.410 e. The summed E-state index contributed by atoms with van der Waals surface area (Å²) in [6.45, 7) is 2.25. The van der Waals surface area contributed by atoms with Crippen molar-refractivity contribution >= 4 is 12.1 Å². The van der Waals surface area contributed by atoms with Gasteiger partial charge in [0.05, 0.1) is 0 Å². The highest BCUT2D eigenvalue weighted by Gasteiger charge is 2.51. The Morgan fingerprint density at radius 1 is 0.939 bits per heavy atom. The standard InChI is InChI=1S/C28H27NO4/c1-18-15-16-28(26(30)31,25-14-8-7-9-19(18)25)29(2)27(32)33-17-24-22-12-5-3-10-20(22)21-11-4-6-13-23(21)24/h3-14,18,24H,15-17H2,1-2H3,(H,30,31). The van der Waals surface area contributed by atoms with E-state index in [1.165, 1.54) is 4.90 Å². The van der Waals surface area contributed by atoms with E-state index in [0.717, 1.165) is 27.8 Å². The van der Waals surface area contributed by atoms with Crippen LogP contribution in [-0.4, -0.2) is 35.7 Å². The van der Waals surface area contributed by atoms with Crippen LogP contribution in [0.2, 0.25) is 0 Å². The molecule has 0 saturated carbocycles. The Balaban J connectivity index is 1.43. The van der Waals surface area contributed by atoms with Crippen molar-refractivity contribution < 1.29 is 19.4 Å². The van der Waals surface area contributed by atoms with E-state index in [0.29, 0.717) is 18.4 Å². The lowest BCUT2D eigenvalue weighted by molar-refractivity contribution is -0.151. The highest BCUT2D eigenvalue weighted by atomic mass is 16.6. The van der Waals surface area contributed by atoms with Gasteiger partial charge in [-0.15, -0.1) is 0 Å². The number of nitrogens with zero attached hydrogens (tertiary/aromatic N) is 1. The number of carboxylic acid groups (broad SMARTS) is 1. The van der Waals surface area contributed by atoms with Crippen molar-refractivity contribution in [3.63, 3.8) is 0 Å². The molecule has 5 nitrogen and oxygen atoms in total. The predicted molar refractivity (Wildman–Crippen MR) is 126 cm³/mol. The third-order valence-corrected chi connectivity index (χ3v) is 7.41. The van der Waals surface area contributed by atoms with Crippen molar-refractivity contribution in [1.82, 2.24) is 4.90 Å². The summed E-state index contributed by atoms with van der Waals surface area (Å²) in [6.07, 6.45) is 0.412. The molecular weight excluding hydrogens is 414 g/mol. The van der Waals surface area contributed by atoms with Crippen LogP contribution in [0.5, 0.6) is 0 Å². The summed E-state index contributed by atoms with van der Waals surface area (Å²) >= 11 is 0. The molecule has 0 bridgehead atoms. The summed E-state index contributed by atoms with van der Waals surface area (Å²) in [5, 5.41) is 10.3. The normalized spacial score (nSPS) is 21.0. The molecule has 1 amide bonds. The zero-order valence-electron chi connectivity index (χ0n) is 18.8. The number of amides is 1. The van der Waals surface area contributed by atoms with Crippen LogP contribution >= 0.6 is 0 Å². The van der Waals surface area contributed by atoms with E-state index in [4.69, 9.17) is 4.74 Å². The molecule has 3 aromatic carbocycles. The van der Waals surface area contributed by atoms with Gasteiger partial charge in [-0.05, 0) is 52.1 Å². The number of carbonyl (C=O) groups is 2. The van der Waals surface area contributed by atoms with Crippen LogP contribution in [0.1, 0.15) is 53.9 Å². The lowest BCUT2D eigenvalue weighted by Crippen LogP contribution is -2.55. The maximum absolute atomic E-state index is 13.3. The molecule has 2 aliphatic carbocycles. The van der Waals surface area contributed by atoms with Gasteiger partial charge in [-0.1, -0.05) is 79.7 Å². The molecular formula is C28H27NO4. The van der Waals surface area contributed by atoms with Crippen molar-refractivity contribution in [3.05, 3.63) is 95.1 Å². The minimum absolute atomic E-state index is 0.0748. The number of carboxylic acids is 1. The van der Waals surface area contributed by atoms with Gasteiger partial charge in [0.25, 0.3) is 0 Å². The van der Waals surface area contributed by atoms with Crippen LogP contribution in [0.4, 0.5) is 4.79 Å². The SMILES string of the molecule is CC1CCC(C(=O)O)(N(C)C(=O)OCC2c3ccccc3-c3ccccc32)c2ccccc21. The van der Waals surface area contributed by atoms with Crippen molar-refractivity contribution in [1.29, 1.82) is 0 Å². The topological polar surface area (TPSA) is 66.8 Å². The molecule has 168 valence electrons. The van der Waals surface area contributed by atoms with Gasteiger partial charge in [-0.25, -0.2) is 9.59 Å². The highest BCUT2D eigenvalue weighted by molar-refractivity contribution is 5.87. The van der Waals surface area contributed by atoms with Gasteiger partial charge in [0.15, 0.2) is 5.54 Å². The molecule has 0 spiro atoms. The molecule has 2 aliphatic rings. The Labute approximate surface area is 193 Å². The van der Waals surface area contributed by atoms with Crippen LogP contribution in [-0.2, 0) is 15.1 Å². The summed E-state index contributed by atoms with van der Waals surface area (Å²) < 4.78 is 5.80. The number of rotatable bonds is 4. The predicted octanol–water partition coefficient (Wildman–Crippen LogP) is 5.74. The maximum Gasteiger partial charge on any atom is 0.410 e. The minimum Gasteiger partial charge on any atom is -0.479 e. The van der Waals surface area contributed by atoms with Crippen molar-refractivity contribution in [3.8, 4) is 11.1 Å². The minimum atomic E-state index is -1.44. The number of carbonyl (C=O) groups excluding carboxylic acids is 1. The van der Waals surface area contributed by atoms with Crippen molar-refractivity contribution in [2.45, 2.75) is 37.1 Å². The number of hydrogen-bond acceptors (Lipinski definition) is 3. The number of aliphatic carboxylic acids is 1. The molecule has 0 saturated heterocycles. The molecule has 2 atom stereocenters. The maximum atomic E-state index is 13.3. The van der Waals surface area contributed by atoms with E-state index >= 15 is 0 Å². The van der Waals surface area contributed by atoms with Gasteiger partial charge in [0.2, 0.25) is 0 Å². The lowest BCUT2D eigenvalue weighted by Gasteiger charge is -2.43. The van der Waals surface area contributed by atoms with Gasteiger partial charge in [-0.2, -0.15) is 0 Å². The second-order valence-corrected chi connectivity index (χ2v) is 9.06. The van der Waals surface area contributed by atoms with E-state index in [1.54, 1.807) is 7.05 Å². The first-order valence-electron chi connectivity index (χ1n) is 11.4. The Kier molecular flexibility index (Phi) is 5.20. The number of hydrogen-bond donors (Lipinski definition) is 1. The molecule has 5 rings (SSSR count). The van der Waals surface area contributed by atoms with Gasteiger partial charge in [0, 0.05) is 13.0 Å². The number of fused-ring (bicyclic) bond motifs is 4. The van der Waals surface area contributed by atoms with Gasteiger partial charge in [0.1, 0.15) is 6.61 Å². The fourth-order valence-corrected chi connectivity index (χ4v) is 5.58. The first-order valence-corrected chi connectivity index (χ1v) is 11.4. The van der Waals surface area contributed by atoms with Gasteiger partial charge in [-0.3, -0.25) is 4.90 Å². The van der Waals surface area contributed by atoms with Crippen LogP contribution in [0.15, 0.2) is 72.8 Å². The zero-order valence-corrected chi connectivity index (χ0v) is 18.8. The first kappa shape index (κ1) is 21.3. The Bertz CT molecular complexity index is 1190. The average Bonchev–Trinajstić information content (AvgIpc) is 3.16. The largest absolute Gasteiger partial charge is 0.479 e. The molecule has 5 heteroatoms. The summed E-state index contributed by atoms with van der Waals surface area (Å²) in [4.78, 5) is 27.2. The van der Waals surface area contributed by atoms with Crippen molar-refractivity contribution in [2.75, 3.05) is 13.7 Å². The fraction of sp³-hybridized carbons (Fsp3) is 0.286. The molecule has 0 radical (unpaired) electrons. The van der Waals surface area contributed by atoms with E-state index in [1.807, 2.05) is 48.5 Å². The van der Waals surface area contributed by atoms with Gasteiger partial charge < -0.3 is 9.84 Å². The Morgan fingerprint density at radius 3 is 2.09 bits per heavy atom. The molecule has 33 heavy (non-hydrogen) atoms. The van der Waals surface area contributed by atoms with Crippen LogP contribution in [0.25, 0.3) is 11.1 Å². The first-order chi connectivity index (χ1) is 15.9. The second kappa shape index (κ2) is 8.07. The molecule has 0 aromatic heterocycles. The molecule has 0 fully saturated rings. The number of likely N-dealkylation sites (N-methyl/N-ethyl adjacent to an activating group) is 1. The molecule has 1 N–H and O–H groups in total. The van der Waals surface area contributed by atoms with Crippen molar-refractivity contribution in [2.24, 2.45) is 0 Å². The summed E-state index contributed by atoms with van der Waals surface area (Å²) in [5.41, 5.74) is 4.76. The third-order valence-electron chi connectivity index (χ3n) is 7.41. The Morgan fingerprint density at radius 2 is 1.48 bits per heavy atom. The van der Waals surface area contributed by atoms with Crippen LogP contribution in [0, 0.1) is 0 Å². The Hall–Kier alpha value is -3.60. The molecule has 0 aliphatic heterocycles. The molecule has 0 heterocycles. The fourth-order valence-electron chi connectivity index (χ4n) is 5.58. The summed E-state index contributed by atoms with van der Waals surface area (Å²) in [5.74, 6) is -0.864.